The van der Waals surface area contributed by atoms with E-state index in [-0.39, 0.29) is 0 Å². The van der Waals surface area contributed by atoms with Gasteiger partial charge in [0.2, 0.25) is 0 Å². The normalized spacial score (nSPS) is 34.3. The average Bonchev–Trinajstić information content (AvgIpc) is 3.15. The van der Waals surface area contributed by atoms with Crippen LogP contribution in [0, 0.1) is 17.8 Å². The Bertz CT molecular complexity index is 728. The van der Waals surface area contributed by atoms with E-state index >= 15 is 0 Å². The molecule has 0 spiro atoms. The van der Waals surface area contributed by atoms with E-state index in [2.05, 4.69) is 77.5 Å². The lowest BCUT2D eigenvalue weighted by Crippen LogP contribution is -2.52. The van der Waals surface area contributed by atoms with Crippen LogP contribution in [0.5, 0.6) is 0 Å². The summed E-state index contributed by atoms with van der Waals surface area (Å²) in [6.45, 7) is 3.75. The summed E-state index contributed by atoms with van der Waals surface area (Å²) in [6.07, 6.45) is 4.15. The van der Waals surface area contributed by atoms with Gasteiger partial charge in [-0.05, 0) is 74.2 Å². The van der Waals surface area contributed by atoms with Crippen LogP contribution < -0.4 is 4.90 Å². The molecule has 5 rings (SSSR count). The van der Waals surface area contributed by atoms with Gasteiger partial charge in [-0.1, -0.05) is 48.5 Å². The highest BCUT2D eigenvalue weighted by molar-refractivity contribution is 5.48. The maximum absolute atomic E-state index is 2.67. The molecule has 2 heteroatoms. The van der Waals surface area contributed by atoms with Gasteiger partial charge in [0.25, 0.3) is 0 Å². The smallest absolute Gasteiger partial charge is 0.0366 e. The number of para-hydroxylation sites is 1. The molecule has 1 saturated carbocycles. The highest BCUT2D eigenvalue weighted by atomic mass is 15.2. The summed E-state index contributed by atoms with van der Waals surface area (Å²) in [5.74, 6) is 3.22. The number of benzene rings is 2. The molecule has 2 aromatic rings. The second-order valence-electron chi connectivity index (χ2n) is 8.68. The van der Waals surface area contributed by atoms with Crippen LogP contribution in [-0.4, -0.2) is 37.6 Å². The molecule has 26 heavy (non-hydrogen) atoms. The van der Waals surface area contributed by atoms with Crippen molar-refractivity contribution in [1.82, 2.24) is 4.90 Å². The van der Waals surface area contributed by atoms with Crippen molar-refractivity contribution in [3.63, 3.8) is 0 Å². The molecule has 5 unspecified atom stereocenters. The molecular weight excluding hydrogens is 316 g/mol. The first-order chi connectivity index (χ1) is 12.8. The number of nitrogens with zero attached hydrogens (tertiary/aromatic N) is 2. The predicted molar refractivity (Wildman–Crippen MR) is 109 cm³/mol. The van der Waals surface area contributed by atoms with Crippen molar-refractivity contribution in [2.45, 2.75) is 31.2 Å². The van der Waals surface area contributed by atoms with Crippen molar-refractivity contribution in [3.05, 3.63) is 66.2 Å². The maximum atomic E-state index is 2.67. The lowest BCUT2D eigenvalue weighted by Gasteiger charge is -2.50. The Morgan fingerprint density at radius 3 is 2.27 bits per heavy atom. The van der Waals surface area contributed by atoms with Gasteiger partial charge in [0, 0.05) is 24.8 Å². The predicted octanol–water partition coefficient (Wildman–Crippen LogP) is 4.64. The molecule has 0 aromatic heterocycles. The zero-order chi connectivity index (χ0) is 17.5. The second-order valence-corrected chi connectivity index (χ2v) is 8.68. The highest BCUT2D eigenvalue weighted by Crippen LogP contribution is 2.52. The monoisotopic (exact) mass is 346 g/mol. The Kier molecular flexibility index (Phi) is 4.24. The molecule has 3 fully saturated rings. The fourth-order valence-corrected chi connectivity index (χ4v) is 6.22. The summed E-state index contributed by atoms with van der Waals surface area (Å²) in [5.41, 5.74) is 2.98. The SMILES string of the molecule is CN1CCCC2C3CN(c4ccccc4)CC3C(c3ccccc3)CC21. The second kappa shape index (κ2) is 6.74. The Balaban J connectivity index is 1.49. The molecule has 2 aromatic carbocycles. The third-order valence-corrected chi connectivity index (χ3v) is 7.43. The molecule has 136 valence electrons. The van der Waals surface area contributed by atoms with Crippen LogP contribution in [0.2, 0.25) is 0 Å². The van der Waals surface area contributed by atoms with Crippen LogP contribution in [0.15, 0.2) is 60.7 Å². The summed E-state index contributed by atoms with van der Waals surface area (Å²) in [7, 11) is 2.36. The lowest BCUT2D eigenvalue weighted by atomic mass is 9.61. The number of hydrogen-bond acceptors (Lipinski definition) is 2. The van der Waals surface area contributed by atoms with E-state index in [4.69, 9.17) is 0 Å². The third kappa shape index (κ3) is 2.75. The Morgan fingerprint density at radius 1 is 0.808 bits per heavy atom. The number of piperidine rings is 1. The summed E-state index contributed by atoms with van der Waals surface area (Å²) in [6, 6.07) is 23.2. The molecule has 3 aliphatic rings. The third-order valence-electron chi connectivity index (χ3n) is 7.43. The number of rotatable bonds is 2. The fraction of sp³-hybridized carbons (Fsp3) is 0.500. The first-order valence-electron chi connectivity index (χ1n) is 10.4. The summed E-state index contributed by atoms with van der Waals surface area (Å²) in [4.78, 5) is 5.34. The molecule has 5 atom stereocenters. The van der Waals surface area contributed by atoms with Crippen molar-refractivity contribution < 1.29 is 0 Å². The average molecular weight is 347 g/mol. The van der Waals surface area contributed by atoms with Gasteiger partial charge in [-0.2, -0.15) is 0 Å². The largest absolute Gasteiger partial charge is 0.371 e. The van der Waals surface area contributed by atoms with Crippen molar-refractivity contribution in [1.29, 1.82) is 0 Å². The van der Waals surface area contributed by atoms with E-state index in [1.807, 2.05) is 0 Å². The molecule has 0 bridgehead atoms. The number of anilines is 1. The van der Waals surface area contributed by atoms with Crippen LogP contribution in [0.25, 0.3) is 0 Å². The molecule has 2 saturated heterocycles. The van der Waals surface area contributed by atoms with Gasteiger partial charge in [0.1, 0.15) is 0 Å². The minimum absolute atomic E-state index is 0.705. The van der Waals surface area contributed by atoms with Crippen molar-refractivity contribution in [2.24, 2.45) is 17.8 Å². The maximum Gasteiger partial charge on any atom is 0.0366 e. The van der Waals surface area contributed by atoms with Crippen molar-refractivity contribution in [2.75, 3.05) is 31.6 Å². The Morgan fingerprint density at radius 2 is 1.50 bits per heavy atom. The van der Waals surface area contributed by atoms with Crippen LogP contribution in [0.4, 0.5) is 5.69 Å². The lowest BCUT2D eigenvalue weighted by molar-refractivity contribution is 0.0185. The molecule has 1 aliphatic carbocycles. The topological polar surface area (TPSA) is 6.48 Å². The number of hydrogen-bond donors (Lipinski definition) is 0. The van der Waals surface area contributed by atoms with E-state index in [0.29, 0.717) is 5.92 Å². The number of likely N-dealkylation sites (tertiary alicyclic amines) is 1. The Labute approximate surface area is 157 Å². The van der Waals surface area contributed by atoms with E-state index in [1.54, 1.807) is 5.56 Å². The standard InChI is InChI=1S/C24H30N2/c1-25-14-8-13-20-22-16-26(19-11-6-3-7-12-19)17-23(22)21(15-24(20)25)18-9-4-2-5-10-18/h2-7,9-12,20-24H,8,13-17H2,1H3. The summed E-state index contributed by atoms with van der Waals surface area (Å²) < 4.78 is 0. The summed E-state index contributed by atoms with van der Waals surface area (Å²) in [5, 5.41) is 0. The van der Waals surface area contributed by atoms with Gasteiger partial charge >= 0.3 is 0 Å². The molecule has 2 heterocycles. The van der Waals surface area contributed by atoms with Gasteiger partial charge in [0.15, 0.2) is 0 Å². The van der Waals surface area contributed by atoms with Gasteiger partial charge < -0.3 is 9.80 Å². The quantitative estimate of drug-likeness (QED) is 0.782. The number of fused-ring (bicyclic) bond motifs is 3. The zero-order valence-corrected chi connectivity index (χ0v) is 15.8. The fourth-order valence-electron chi connectivity index (χ4n) is 6.22. The van der Waals surface area contributed by atoms with Gasteiger partial charge in [-0.3, -0.25) is 0 Å². The van der Waals surface area contributed by atoms with Gasteiger partial charge in [-0.25, -0.2) is 0 Å². The van der Waals surface area contributed by atoms with Crippen LogP contribution >= 0.6 is 0 Å². The highest BCUT2D eigenvalue weighted by Gasteiger charge is 2.50. The minimum Gasteiger partial charge on any atom is -0.371 e. The molecule has 2 nitrogen and oxygen atoms in total. The van der Waals surface area contributed by atoms with Crippen molar-refractivity contribution >= 4 is 5.69 Å². The van der Waals surface area contributed by atoms with Crippen LogP contribution in [0.3, 0.4) is 0 Å². The summed E-state index contributed by atoms with van der Waals surface area (Å²) >= 11 is 0. The minimum atomic E-state index is 0.705. The molecule has 0 amide bonds. The van der Waals surface area contributed by atoms with Crippen LogP contribution in [-0.2, 0) is 0 Å². The molecule has 0 N–H and O–H groups in total. The van der Waals surface area contributed by atoms with Crippen LogP contribution in [0.1, 0.15) is 30.7 Å². The van der Waals surface area contributed by atoms with Gasteiger partial charge in [0.05, 0.1) is 0 Å². The first-order valence-corrected chi connectivity index (χ1v) is 10.4. The first kappa shape index (κ1) is 16.4. The van der Waals surface area contributed by atoms with E-state index < -0.39 is 0 Å². The van der Waals surface area contributed by atoms with Gasteiger partial charge in [-0.15, -0.1) is 0 Å². The Hall–Kier alpha value is -1.80. The molecule has 0 radical (unpaired) electrons. The molecule has 2 aliphatic heterocycles. The van der Waals surface area contributed by atoms with E-state index in [0.717, 1.165) is 23.8 Å². The van der Waals surface area contributed by atoms with E-state index in [9.17, 15) is 0 Å². The van der Waals surface area contributed by atoms with E-state index in [1.165, 1.54) is 44.6 Å². The zero-order valence-electron chi connectivity index (χ0n) is 15.8. The van der Waals surface area contributed by atoms with Crippen molar-refractivity contribution in [3.8, 4) is 0 Å². The molecular formula is C24H30N2.